The van der Waals surface area contributed by atoms with Crippen LogP contribution in [0.1, 0.15) is 36.3 Å². The Kier molecular flexibility index (Phi) is 5.50. The van der Waals surface area contributed by atoms with Crippen LogP contribution in [0.5, 0.6) is 5.75 Å². The fraction of sp³-hybridized carbons (Fsp3) is 0.440. The van der Waals surface area contributed by atoms with Crippen molar-refractivity contribution in [2.24, 2.45) is 18.9 Å². The summed E-state index contributed by atoms with van der Waals surface area (Å²) in [6.07, 6.45) is 8.77. The first kappa shape index (κ1) is 20.2. The summed E-state index contributed by atoms with van der Waals surface area (Å²) in [5.74, 6) is 2.12. The molecule has 1 aromatic carbocycles. The highest BCUT2D eigenvalue weighted by atomic mass is 16.5. The van der Waals surface area contributed by atoms with Crippen LogP contribution in [0.2, 0.25) is 0 Å². The summed E-state index contributed by atoms with van der Waals surface area (Å²) >= 11 is 0. The van der Waals surface area contributed by atoms with Crippen LogP contribution >= 0.6 is 0 Å². The maximum atomic E-state index is 11.8. The van der Waals surface area contributed by atoms with Gasteiger partial charge in [0.05, 0.1) is 5.69 Å². The fourth-order valence-electron chi connectivity index (χ4n) is 5.44. The van der Waals surface area contributed by atoms with Gasteiger partial charge in [-0.25, -0.2) is 4.98 Å². The summed E-state index contributed by atoms with van der Waals surface area (Å²) in [6.45, 7) is 3.02. The monoisotopic (exact) mass is 418 g/mol. The first-order valence-electron chi connectivity index (χ1n) is 11.2. The molecule has 0 unspecified atom stereocenters. The molecule has 6 heteroatoms. The Morgan fingerprint density at radius 1 is 1.03 bits per heavy atom. The molecule has 2 aromatic heterocycles. The zero-order valence-electron chi connectivity index (χ0n) is 18.0. The number of rotatable bonds is 6. The first-order chi connectivity index (χ1) is 15.1. The molecule has 0 spiro atoms. The normalized spacial score (nSPS) is 26.0. The van der Waals surface area contributed by atoms with E-state index >= 15 is 0 Å². The molecule has 2 bridgehead atoms. The Morgan fingerprint density at radius 3 is 2.52 bits per heavy atom. The van der Waals surface area contributed by atoms with Gasteiger partial charge in [0.2, 0.25) is 0 Å². The van der Waals surface area contributed by atoms with E-state index in [1.165, 1.54) is 12.0 Å². The second-order valence-electron chi connectivity index (χ2n) is 8.92. The number of piperidine rings is 1. The fourth-order valence-corrected chi connectivity index (χ4v) is 5.44. The van der Waals surface area contributed by atoms with Gasteiger partial charge >= 0.3 is 0 Å². The molecule has 1 N–H and O–H groups in total. The predicted octanol–water partition coefficient (Wildman–Crippen LogP) is 3.51. The number of para-hydroxylation sites is 1. The van der Waals surface area contributed by atoms with E-state index in [1.54, 1.807) is 12.4 Å². The third-order valence-corrected chi connectivity index (χ3v) is 6.95. The van der Waals surface area contributed by atoms with Crippen LogP contribution in [0, 0.1) is 11.8 Å². The van der Waals surface area contributed by atoms with Crippen LogP contribution in [-0.2, 0) is 25.8 Å². The largest absolute Gasteiger partial charge is 0.487 e. The average Bonchev–Trinajstić information content (AvgIpc) is 3.21. The predicted molar refractivity (Wildman–Crippen MR) is 118 cm³/mol. The van der Waals surface area contributed by atoms with Crippen molar-refractivity contribution in [1.82, 2.24) is 19.4 Å². The van der Waals surface area contributed by atoms with Gasteiger partial charge in [-0.15, -0.1) is 0 Å². The van der Waals surface area contributed by atoms with Crippen molar-refractivity contribution in [1.29, 1.82) is 0 Å². The molecule has 1 aliphatic carbocycles. The van der Waals surface area contributed by atoms with E-state index in [0.717, 1.165) is 49.7 Å². The van der Waals surface area contributed by atoms with E-state index in [1.807, 2.05) is 48.1 Å². The van der Waals surface area contributed by atoms with Crippen molar-refractivity contribution in [3.05, 3.63) is 78.1 Å². The number of aromatic nitrogens is 3. The van der Waals surface area contributed by atoms with Gasteiger partial charge in [0, 0.05) is 62.7 Å². The summed E-state index contributed by atoms with van der Waals surface area (Å²) in [5.41, 5.74) is 1.27. The first-order valence-corrected chi connectivity index (χ1v) is 11.2. The smallest absolute Gasteiger partial charge is 0.141 e. The topological polar surface area (TPSA) is 63.4 Å². The Balaban J connectivity index is 1.32. The molecule has 2 aliphatic rings. The van der Waals surface area contributed by atoms with E-state index < -0.39 is 5.60 Å². The minimum absolute atomic E-state index is 0.197. The number of pyridine rings is 1. The second kappa shape index (κ2) is 8.44. The zero-order chi connectivity index (χ0) is 21.3. The van der Waals surface area contributed by atoms with Gasteiger partial charge in [0.1, 0.15) is 23.8 Å². The quantitative estimate of drug-likeness (QED) is 0.664. The number of ether oxygens (including phenoxy) is 1. The minimum Gasteiger partial charge on any atom is -0.487 e. The number of fused-ring (bicyclic) bond motifs is 2. The lowest BCUT2D eigenvalue weighted by Crippen LogP contribution is -2.58. The number of imidazole rings is 1. The van der Waals surface area contributed by atoms with Gasteiger partial charge < -0.3 is 14.4 Å². The van der Waals surface area contributed by atoms with Gasteiger partial charge in [-0.1, -0.05) is 30.7 Å². The van der Waals surface area contributed by atoms with E-state index in [9.17, 15) is 5.11 Å². The summed E-state index contributed by atoms with van der Waals surface area (Å²) in [6, 6.07) is 14.1. The second-order valence-corrected chi connectivity index (χ2v) is 8.92. The van der Waals surface area contributed by atoms with Crippen molar-refractivity contribution in [3.63, 3.8) is 0 Å². The number of benzene rings is 1. The molecule has 1 saturated heterocycles. The van der Waals surface area contributed by atoms with Gasteiger partial charge in [-0.2, -0.15) is 0 Å². The Morgan fingerprint density at radius 2 is 1.81 bits per heavy atom. The van der Waals surface area contributed by atoms with Crippen molar-refractivity contribution < 1.29 is 9.84 Å². The van der Waals surface area contributed by atoms with E-state index in [0.29, 0.717) is 6.61 Å². The zero-order valence-corrected chi connectivity index (χ0v) is 18.0. The summed E-state index contributed by atoms with van der Waals surface area (Å²) in [7, 11) is 1.98. The van der Waals surface area contributed by atoms with Crippen LogP contribution in [-0.4, -0.2) is 37.6 Å². The summed E-state index contributed by atoms with van der Waals surface area (Å²) in [5, 5.41) is 11.8. The average molecular weight is 419 g/mol. The Labute approximate surface area is 183 Å². The molecule has 6 nitrogen and oxygen atoms in total. The Bertz CT molecular complexity index is 1010. The van der Waals surface area contributed by atoms with Gasteiger partial charge in [-0.3, -0.25) is 9.88 Å². The van der Waals surface area contributed by atoms with Gasteiger partial charge in [0.25, 0.3) is 0 Å². The highest BCUT2D eigenvalue weighted by Gasteiger charge is 2.53. The van der Waals surface area contributed by atoms with Crippen LogP contribution in [0.4, 0.5) is 0 Å². The maximum absolute atomic E-state index is 11.8. The molecule has 3 aromatic rings. The van der Waals surface area contributed by atoms with Crippen molar-refractivity contribution in [2.75, 3.05) is 13.1 Å². The SMILES string of the molecule is Cn1ccnc1C1(O)[C@H]2CCC[C@H]1CN(Cc1ccccc1OCc1ccccn1)C2. The van der Waals surface area contributed by atoms with Crippen LogP contribution in [0.15, 0.2) is 61.1 Å². The van der Waals surface area contributed by atoms with Crippen molar-refractivity contribution in [3.8, 4) is 5.75 Å². The third-order valence-electron chi connectivity index (χ3n) is 6.95. The molecule has 5 rings (SSSR count). The number of likely N-dealkylation sites (tertiary alicyclic amines) is 1. The molecule has 1 aliphatic heterocycles. The van der Waals surface area contributed by atoms with E-state index in [-0.39, 0.29) is 11.8 Å². The van der Waals surface area contributed by atoms with Crippen molar-refractivity contribution >= 4 is 0 Å². The highest BCUT2D eigenvalue weighted by Crippen LogP contribution is 2.48. The number of aliphatic hydroxyl groups is 1. The lowest BCUT2D eigenvalue weighted by atomic mass is 9.65. The van der Waals surface area contributed by atoms with Crippen LogP contribution < -0.4 is 4.74 Å². The summed E-state index contributed by atoms with van der Waals surface area (Å²) < 4.78 is 8.11. The molecule has 31 heavy (non-hydrogen) atoms. The van der Waals surface area contributed by atoms with E-state index in [4.69, 9.17) is 4.74 Å². The summed E-state index contributed by atoms with van der Waals surface area (Å²) in [4.78, 5) is 11.4. The lowest BCUT2D eigenvalue weighted by Gasteiger charge is -2.52. The molecule has 1 saturated carbocycles. The molecule has 162 valence electrons. The molecule has 2 fully saturated rings. The molecule has 2 atom stereocenters. The molecule has 3 heterocycles. The number of hydrogen-bond donors (Lipinski definition) is 1. The standard InChI is InChI=1S/C25H30N4O2/c1-28-14-13-27-24(28)25(30)20-8-6-9-21(25)17-29(16-20)15-19-7-2-3-11-23(19)31-18-22-10-4-5-12-26-22/h2-5,7,10-14,20-21,30H,6,8-9,15-18H2,1H3/t20-,21-/m0/s1. The van der Waals surface area contributed by atoms with Crippen LogP contribution in [0.25, 0.3) is 0 Å². The van der Waals surface area contributed by atoms with Gasteiger partial charge in [0.15, 0.2) is 0 Å². The van der Waals surface area contributed by atoms with E-state index in [2.05, 4.69) is 27.0 Å². The molecular weight excluding hydrogens is 388 g/mol. The van der Waals surface area contributed by atoms with Crippen LogP contribution in [0.3, 0.4) is 0 Å². The maximum Gasteiger partial charge on any atom is 0.141 e. The highest BCUT2D eigenvalue weighted by molar-refractivity contribution is 5.33. The number of nitrogens with zero attached hydrogens (tertiary/aromatic N) is 4. The minimum atomic E-state index is -0.831. The van der Waals surface area contributed by atoms with Crippen molar-refractivity contribution in [2.45, 2.75) is 38.0 Å². The number of aryl methyl sites for hydroxylation is 1. The number of hydrogen-bond acceptors (Lipinski definition) is 5. The molecule has 0 radical (unpaired) electrons. The lowest BCUT2D eigenvalue weighted by molar-refractivity contribution is -0.155. The van der Waals surface area contributed by atoms with Gasteiger partial charge in [-0.05, 0) is 31.0 Å². The Hall–Kier alpha value is -2.70. The molecular formula is C25H30N4O2. The molecule has 0 amide bonds. The third kappa shape index (κ3) is 3.86.